The highest BCUT2D eigenvalue weighted by Gasteiger charge is 2.16. The van der Waals surface area contributed by atoms with Crippen LogP contribution in [-0.2, 0) is 5.41 Å². The maximum absolute atomic E-state index is 3.55. The Labute approximate surface area is 90.6 Å². The molecule has 0 nitrogen and oxygen atoms in total. The van der Waals surface area contributed by atoms with E-state index in [1.54, 1.807) is 0 Å². The van der Waals surface area contributed by atoms with Gasteiger partial charge in [-0.3, -0.25) is 0 Å². The molecule has 66 valence electrons. The van der Waals surface area contributed by atoms with Crippen molar-refractivity contribution in [3.05, 3.63) is 32.7 Å². The van der Waals surface area contributed by atoms with Gasteiger partial charge in [-0.1, -0.05) is 52.6 Å². The van der Waals surface area contributed by atoms with Crippen molar-refractivity contribution in [1.82, 2.24) is 0 Å². The summed E-state index contributed by atoms with van der Waals surface area (Å²) < 4.78 is 2.31. The molecule has 0 radical (unpaired) electrons. The maximum atomic E-state index is 3.55. The molecule has 0 N–H and O–H groups in total. The minimum Gasteiger partial charge on any atom is -0.0560 e. The van der Waals surface area contributed by atoms with Crippen LogP contribution >= 0.6 is 31.9 Å². The molecule has 1 aromatic carbocycles. The molecule has 0 saturated carbocycles. The number of rotatable bonds is 0. The van der Waals surface area contributed by atoms with Crippen LogP contribution in [-0.4, -0.2) is 0 Å². The normalized spacial score (nSPS) is 11.8. The van der Waals surface area contributed by atoms with Crippen LogP contribution in [0.4, 0.5) is 0 Å². The summed E-state index contributed by atoms with van der Waals surface area (Å²) >= 11 is 7.01. The third-order valence-electron chi connectivity index (χ3n) is 1.74. The standard InChI is InChI=1S/C10H12Br2/c1-10(2,3)8-6-7(11)4-5-9(8)12/h4-6H,1-3H3. The molecule has 0 aliphatic carbocycles. The molecule has 0 amide bonds. The van der Waals surface area contributed by atoms with Crippen molar-refractivity contribution in [2.75, 3.05) is 0 Å². The van der Waals surface area contributed by atoms with Gasteiger partial charge in [0.05, 0.1) is 0 Å². The summed E-state index contributed by atoms with van der Waals surface area (Å²) in [6.07, 6.45) is 0. The van der Waals surface area contributed by atoms with E-state index in [0.29, 0.717) is 0 Å². The van der Waals surface area contributed by atoms with Gasteiger partial charge in [0.1, 0.15) is 0 Å². The Morgan fingerprint density at radius 3 is 2.08 bits per heavy atom. The lowest BCUT2D eigenvalue weighted by Gasteiger charge is -2.20. The molecule has 0 aromatic heterocycles. The summed E-state index contributed by atoms with van der Waals surface area (Å²) in [7, 11) is 0. The van der Waals surface area contributed by atoms with E-state index in [9.17, 15) is 0 Å². The zero-order valence-corrected chi connectivity index (χ0v) is 10.7. The summed E-state index contributed by atoms with van der Waals surface area (Å²) in [5.41, 5.74) is 1.53. The Morgan fingerprint density at radius 2 is 1.67 bits per heavy atom. The van der Waals surface area contributed by atoms with Crippen LogP contribution in [0, 0.1) is 0 Å². The second kappa shape index (κ2) is 3.51. The molecule has 0 atom stereocenters. The lowest BCUT2D eigenvalue weighted by molar-refractivity contribution is 0.587. The van der Waals surface area contributed by atoms with Gasteiger partial charge >= 0.3 is 0 Å². The van der Waals surface area contributed by atoms with Crippen molar-refractivity contribution in [3.8, 4) is 0 Å². The zero-order valence-electron chi connectivity index (χ0n) is 7.49. The quantitative estimate of drug-likeness (QED) is 0.660. The van der Waals surface area contributed by atoms with Crippen molar-refractivity contribution in [1.29, 1.82) is 0 Å². The van der Waals surface area contributed by atoms with E-state index in [1.807, 2.05) is 6.07 Å². The molecular weight excluding hydrogens is 280 g/mol. The molecule has 0 fully saturated rings. The summed E-state index contributed by atoms with van der Waals surface area (Å²) in [6.45, 7) is 6.62. The van der Waals surface area contributed by atoms with Crippen LogP contribution in [0.15, 0.2) is 27.1 Å². The topological polar surface area (TPSA) is 0 Å². The number of hydrogen-bond donors (Lipinski definition) is 0. The summed E-state index contributed by atoms with van der Waals surface area (Å²) in [5, 5.41) is 0. The molecule has 0 saturated heterocycles. The van der Waals surface area contributed by atoms with Crippen LogP contribution in [0.1, 0.15) is 26.3 Å². The third-order valence-corrected chi connectivity index (χ3v) is 2.92. The molecule has 0 unspecified atom stereocenters. The maximum Gasteiger partial charge on any atom is 0.0213 e. The molecule has 0 spiro atoms. The summed E-state index contributed by atoms with van der Waals surface area (Å²) in [4.78, 5) is 0. The van der Waals surface area contributed by atoms with Crippen LogP contribution in [0.5, 0.6) is 0 Å². The van der Waals surface area contributed by atoms with E-state index in [4.69, 9.17) is 0 Å². The van der Waals surface area contributed by atoms with Crippen molar-refractivity contribution >= 4 is 31.9 Å². The third kappa shape index (κ3) is 2.33. The van der Waals surface area contributed by atoms with Crippen molar-refractivity contribution in [2.24, 2.45) is 0 Å². The van der Waals surface area contributed by atoms with Gasteiger partial charge in [-0.05, 0) is 29.2 Å². The minimum absolute atomic E-state index is 0.197. The van der Waals surface area contributed by atoms with Gasteiger partial charge in [0, 0.05) is 8.95 Å². The van der Waals surface area contributed by atoms with Gasteiger partial charge in [-0.2, -0.15) is 0 Å². The van der Waals surface area contributed by atoms with Gasteiger partial charge in [-0.25, -0.2) is 0 Å². The molecular formula is C10H12Br2. The molecule has 0 bridgehead atoms. The molecule has 0 aliphatic heterocycles. The Bertz CT molecular complexity index is 284. The first-order valence-corrected chi connectivity index (χ1v) is 5.45. The predicted octanol–water partition coefficient (Wildman–Crippen LogP) is 4.51. The first-order chi connectivity index (χ1) is 5.41. The predicted molar refractivity (Wildman–Crippen MR) is 60.5 cm³/mol. The van der Waals surface area contributed by atoms with Gasteiger partial charge in [0.25, 0.3) is 0 Å². The highest BCUT2D eigenvalue weighted by Crippen LogP contribution is 2.31. The molecule has 2 heteroatoms. The smallest absolute Gasteiger partial charge is 0.0213 e. The fraction of sp³-hybridized carbons (Fsp3) is 0.400. The minimum atomic E-state index is 0.197. The monoisotopic (exact) mass is 290 g/mol. The fourth-order valence-electron chi connectivity index (χ4n) is 1.07. The van der Waals surface area contributed by atoms with Gasteiger partial charge in [0.2, 0.25) is 0 Å². The Hall–Kier alpha value is 0.180. The first-order valence-electron chi connectivity index (χ1n) is 3.87. The van der Waals surface area contributed by atoms with E-state index in [-0.39, 0.29) is 5.41 Å². The number of hydrogen-bond acceptors (Lipinski definition) is 0. The van der Waals surface area contributed by atoms with Crippen molar-refractivity contribution in [2.45, 2.75) is 26.2 Å². The zero-order chi connectivity index (χ0) is 9.35. The van der Waals surface area contributed by atoms with E-state index in [1.165, 1.54) is 10.0 Å². The average molecular weight is 292 g/mol. The molecule has 0 heterocycles. The first kappa shape index (κ1) is 10.3. The lowest BCUT2D eigenvalue weighted by Crippen LogP contribution is -2.11. The van der Waals surface area contributed by atoms with Gasteiger partial charge in [0.15, 0.2) is 0 Å². The Balaban J connectivity index is 3.23. The number of benzene rings is 1. The second-order valence-electron chi connectivity index (χ2n) is 3.87. The van der Waals surface area contributed by atoms with Crippen LogP contribution in [0.2, 0.25) is 0 Å². The van der Waals surface area contributed by atoms with Crippen LogP contribution in [0.25, 0.3) is 0 Å². The van der Waals surface area contributed by atoms with Crippen LogP contribution in [0.3, 0.4) is 0 Å². The Kier molecular flexibility index (Phi) is 3.00. The SMILES string of the molecule is CC(C)(C)c1cc(Br)ccc1Br. The molecule has 1 rings (SSSR count). The summed E-state index contributed by atoms with van der Waals surface area (Å²) in [5.74, 6) is 0. The Morgan fingerprint density at radius 1 is 1.08 bits per heavy atom. The largest absolute Gasteiger partial charge is 0.0560 e. The van der Waals surface area contributed by atoms with Gasteiger partial charge < -0.3 is 0 Å². The van der Waals surface area contributed by atoms with Crippen molar-refractivity contribution < 1.29 is 0 Å². The molecule has 12 heavy (non-hydrogen) atoms. The van der Waals surface area contributed by atoms with E-state index in [0.717, 1.165) is 4.47 Å². The van der Waals surface area contributed by atoms with Gasteiger partial charge in [-0.15, -0.1) is 0 Å². The molecule has 1 aromatic rings. The number of halogens is 2. The summed E-state index contributed by atoms with van der Waals surface area (Å²) in [6, 6.07) is 6.27. The fourth-order valence-corrected chi connectivity index (χ4v) is 2.27. The average Bonchev–Trinajstić information content (AvgIpc) is 1.92. The van der Waals surface area contributed by atoms with E-state index in [2.05, 4.69) is 64.8 Å². The molecule has 0 aliphatic rings. The highest BCUT2D eigenvalue weighted by molar-refractivity contribution is 9.11. The second-order valence-corrected chi connectivity index (χ2v) is 5.64. The lowest BCUT2D eigenvalue weighted by atomic mass is 9.87. The highest BCUT2D eigenvalue weighted by atomic mass is 79.9. The van der Waals surface area contributed by atoms with Crippen LogP contribution < -0.4 is 0 Å². The van der Waals surface area contributed by atoms with E-state index < -0.39 is 0 Å². The van der Waals surface area contributed by atoms with E-state index >= 15 is 0 Å². The van der Waals surface area contributed by atoms with Crippen molar-refractivity contribution in [3.63, 3.8) is 0 Å².